The molecule has 1 aliphatic heterocycles. The highest BCUT2D eigenvalue weighted by molar-refractivity contribution is 5.89. The highest BCUT2D eigenvalue weighted by Crippen LogP contribution is 2.37. The molecule has 6 rings (SSSR count). The Morgan fingerprint density at radius 3 is 2.92 bits per heavy atom. The molecule has 1 N–H and O–H groups in total. The van der Waals surface area contributed by atoms with E-state index in [1.807, 2.05) is 36.1 Å². The van der Waals surface area contributed by atoms with Crippen molar-refractivity contribution >= 4 is 22.7 Å². The van der Waals surface area contributed by atoms with E-state index in [9.17, 15) is 5.11 Å². The lowest BCUT2D eigenvalue weighted by Gasteiger charge is -2.34. The molecule has 5 aromatic rings. The lowest BCUT2D eigenvalue weighted by Crippen LogP contribution is -2.43. The molecule has 1 aromatic carbocycles. The van der Waals surface area contributed by atoms with Crippen LogP contribution in [0.1, 0.15) is 24.7 Å². The van der Waals surface area contributed by atoms with Gasteiger partial charge in [0.1, 0.15) is 29.4 Å². The summed E-state index contributed by atoms with van der Waals surface area (Å²) in [5.41, 5.74) is 2.74. The van der Waals surface area contributed by atoms with Crippen LogP contribution in [0.2, 0.25) is 0 Å². The number of rotatable bonds is 6. The van der Waals surface area contributed by atoms with Gasteiger partial charge in [-0.3, -0.25) is 0 Å². The van der Waals surface area contributed by atoms with E-state index in [0.717, 1.165) is 29.7 Å². The molecule has 1 aliphatic rings. The molecule has 2 atom stereocenters. The van der Waals surface area contributed by atoms with Crippen LogP contribution in [0.4, 0.5) is 5.95 Å². The maximum Gasteiger partial charge on any atom is 0.251 e. The molecule has 11 nitrogen and oxygen atoms in total. The summed E-state index contributed by atoms with van der Waals surface area (Å²) < 4.78 is 19.4. The highest BCUT2D eigenvalue weighted by Gasteiger charge is 2.26. The predicted molar refractivity (Wildman–Crippen MR) is 136 cm³/mol. The molecule has 1 saturated heterocycles. The topological polar surface area (TPSA) is 124 Å². The van der Waals surface area contributed by atoms with Gasteiger partial charge in [0.2, 0.25) is 5.95 Å². The molecular formula is C26H27N7O4. The van der Waals surface area contributed by atoms with Crippen molar-refractivity contribution < 1.29 is 19.0 Å². The Bertz CT molecular complexity index is 1580. The number of nitrogens with zero attached hydrogens (tertiary/aromatic N) is 7. The first-order valence-corrected chi connectivity index (χ1v) is 12.2. The molecule has 11 heteroatoms. The molecule has 37 heavy (non-hydrogen) atoms. The largest absolute Gasteiger partial charge is 0.496 e. The van der Waals surface area contributed by atoms with Gasteiger partial charge in [0.05, 0.1) is 42.4 Å². The summed E-state index contributed by atoms with van der Waals surface area (Å²) in [5, 5.41) is 15.5. The Hall–Kier alpha value is -4.25. The first-order valence-electron chi connectivity index (χ1n) is 12.2. The minimum Gasteiger partial charge on any atom is -0.496 e. The molecule has 190 valence electrons. The summed E-state index contributed by atoms with van der Waals surface area (Å²) in [6.07, 6.45) is 5.68. The zero-order chi connectivity index (χ0) is 25.5. The quantitative estimate of drug-likeness (QED) is 0.370. The Labute approximate surface area is 212 Å². The third kappa shape index (κ3) is 4.53. The second kappa shape index (κ2) is 9.32. The lowest BCUT2D eigenvalue weighted by molar-refractivity contribution is 0.102. The van der Waals surface area contributed by atoms with Gasteiger partial charge in [0.15, 0.2) is 5.76 Å². The van der Waals surface area contributed by atoms with Crippen molar-refractivity contribution in [1.29, 1.82) is 0 Å². The van der Waals surface area contributed by atoms with Crippen LogP contribution in [-0.4, -0.2) is 61.0 Å². The van der Waals surface area contributed by atoms with Crippen LogP contribution in [0.3, 0.4) is 0 Å². The number of aliphatic hydroxyl groups is 1. The third-order valence-corrected chi connectivity index (χ3v) is 6.64. The molecule has 5 heterocycles. The Balaban J connectivity index is 1.27. The van der Waals surface area contributed by atoms with Gasteiger partial charge in [-0.2, -0.15) is 5.10 Å². The average molecular weight is 502 g/mol. The molecule has 4 aromatic heterocycles. The molecular weight excluding hydrogens is 474 g/mol. The number of aryl methyl sites for hydroxylation is 1. The number of β-amino-alcohol motifs (C(OH)–C–C–N with tert-alkyl or cyclic N) is 1. The van der Waals surface area contributed by atoms with E-state index in [4.69, 9.17) is 13.9 Å². The first kappa shape index (κ1) is 23.2. The summed E-state index contributed by atoms with van der Waals surface area (Å²) in [6.45, 7) is 5.50. The van der Waals surface area contributed by atoms with Crippen LogP contribution >= 0.6 is 0 Å². The summed E-state index contributed by atoms with van der Waals surface area (Å²) in [7, 11) is 1.60. The second-order valence-corrected chi connectivity index (χ2v) is 9.33. The third-order valence-electron chi connectivity index (χ3n) is 6.64. The van der Waals surface area contributed by atoms with Gasteiger partial charge in [-0.1, -0.05) is 6.92 Å². The monoisotopic (exact) mass is 501 g/mol. The summed E-state index contributed by atoms with van der Waals surface area (Å²) in [6, 6.07) is 7.35. The van der Waals surface area contributed by atoms with Crippen molar-refractivity contribution in [1.82, 2.24) is 29.5 Å². The summed E-state index contributed by atoms with van der Waals surface area (Å²) in [4.78, 5) is 19.9. The number of piperidine rings is 1. The predicted octanol–water partition coefficient (Wildman–Crippen LogP) is 3.43. The highest BCUT2D eigenvalue weighted by atomic mass is 16.5. The standard InChI is InChI=1S/C26H27N7O4/c1-15-5-7-32(13-21(15)34)25-27-6-4-17(29-25)14-36-22-8-18(35-3)9-23-19(22)10-24(37-23)20-12-33-26(30-20)28-11-16(2)31-33/h4,6,8-12,15,21,34H,5,7,13-14H2,1-3H3. The van der Waals surface area contributed by atoms with E-state index in [-0.39, 0.29) is 18.6 Å². The number of imidazole rings is 1. The zero-order valence-corrected chi connectivity index (χ0v) is 20.8. The van der Waals surface area contributed by atoms with E-state index < -0.39 is 0 Å². The van der Waals surface area contributed by atoms with E-state index in [2.05, 4.69) is 32.0 Å². The minimum absolute atomic E-state index is 0.229. The number of fused-ring (bicyclic) bond motifs is 2. The normalized spacial score (nSPS) is 18.0. The van der Waals surface area contributed by atoms with E-state index in [1.165, 1.54) is 0 Å². The number of ether oxygens (including phenoxy) is 2. The number of methoxy groups -OCH3 is 1. The lowest BCUT2D eigenvalue weighted by atomic mass is 9.96. The van der Waals surface area contributed by atoms with Gasteiger partial charge in [0.25, 0.3) is 5.78 Å². The van der Waals surface area contributed by atoms with Crippen LogP contribution in [0.25, 0.3) is 28.2 Å². The van der Waals surface area contributed by atoms with Crippen LogP contribution in [-0.2, 0) is 6.61 Å². The second-order valence-electron chi connectivity index (χ2n) is 9.33. The van der Waals surface area contributed by atoms with Gasteiger partial charge in [-0.15, -0.1) is 0 Å². The molecule has 0 radical (unpaired) electrons. The van der Waals surface area contributed by atoms with Crippen LogP contribution in [0.15, 0.2) is 47.3 Å². The molecule has 0 saturated carbocycles. The summed E-state index contributed by atoms with van der Waals surface area (Å²) in [5.74, 6) is 3.14. The maximum absolute atomic E-state index is 10.3. The average Bonchev–Trinajstić information content (AvgIpc) is 3.53. The van der Waals surface area contributed by atoms with Crippen LogP contribution < -0.4 is 14.4 Å². The van der Waals surface area contributed by atoms with E-state index in [1.54, 1.807) is 30.2 Å². The molecule has 0 aliphatic carbocycles. The van der Waals surface area contributed by atoms with Crippen molar-refractivity contribution in [3.8, 4) is 23.0 Å². The Morgan fingerprint density at radius 1 is 1.19 bits per heavy atom. The Kier molecular flexibility index (Phi) is 5.84. The van der Waals surface area contributed by atoms with Crippen LogP contribution in [0, 0.1) is 12.8 Å². The molecule has 2 unspecified atom stereocenters. The molecule has 1 fully saturated rings. The zero-order valence-electron chi connectivity index (χ0n) is 20.8. The number of furan rings is 1. The number of anilines is 1. The van der Waals surface area contributed by atoms with Gasteiger partial charge in [-0.25, -0.2) is 24.5 Å². The van der Waals surface area contributed by atoms with Crippen LogP contribution in [0.5, 0.6) is 11.5 Å². The van der Waals surface area contributed by atoms with E-state index >= 15 is 0 Å². The van der Waals surface area contributed by atoms with E-state index in [0.29, 0.717) is 46.8 Å². The number of hydrogen-bond donors (Lipinski definition) is 1. The number of aliphatic hydroxyl groups excluding tert-OH is 1. The first-order chi connectivity index (χ1) is 18.0. The fourth-order valence-electron chi connectivity index (χ4n) is 4.43. The van der Waals surface area contributed by atoms with Gasteiger partial charge >= 0.3 is 0 Å². The Morgan fingerprint density at radius 2 is 2.08 bits per heavy atom. The van der Waals surface area contributed by atoms with Crippen molar-refractivity contribution in [2.75, 3.05) is 25.1 Å². The maximum atomic E-state index is 10.3. The van der Waals surface area contributed by atoms with Gasteiger partial charge in [-0.05, 0) is 31.4 Å². The number of benzene rings is 1. The van der Waals surface area contributed by atoms with Gasteiger partial charge < -0.3 is 23.9 Å². The van der Waals surface area contributed by atoms with Crippen molar-refractivity contribution in [2.24, 2.45) is 5.92 Å². The van der Waals surface area contributed by atoms with Crippen molar-refractivity contribution in [3.63, 3.8) is 0 Å². The fourth-order valence-corrected chi connectivity index (χ4v) is 4.43. The number of hydrogen-bond acceptors (Lipinski definition) is 10. The smallest absolute Gasteiger partial charge is 0.251 e. The fraction of sp³-hybridized carbons (Fsp3) is 0.346. The SMILES string of the molecule is COc1cc(OCc2ccnc(N3CCC(C)C(O)C3)n2)c2cc(-c3cn4nc(C)cnc4n3)oc2c1. The molecule has 0 spiro atoms. The van der Waals surface area contributed by atoms with Gasteiger partial charge in [0, 0.05) is 31.4 Å². The van der Waals surface area contributed by atoms with Crippen molar-refractivity contribution in [3.05, 3.63) is 54.2 Å². The van der Waals surface area contributed by atoms with Crippen molar-refractivity contribution in [2.45, 2.75) is 33.0 Å². The molecule has 0 bridgehead atoms. The number of aromatic nitrogens is 6. The summed E-state index contributed by atoms with van der Waals surface area (Å²) >= 11 is 0. The minimum atomic E-state index is -0.388. The molecule has 0 amide bonds.